The Morgan fingerprint density at radius 2 is 1.74 bits per heavy atom. The molecule has 3 N–H and O–H groups in total. The summed E-state index contributed by atoms with van der Waals surface area (Å²) in [5.41, 5.74) is 6.95. The van der Waals surface area contributed by atoms with Gasteiger partial charge in [-0.2, -0.15) is 13.2 Å². The van der Waals surface area contributed by atoms with E-state index < -0.39 is 35.2 Å². The van der Waals surface area contributed by atoms with Gasteiger partial charge in [0, 0.05) is 70.3 Å². The average Bonchev–Trinajstić information content (AvgIpc) is 3.72. The van der Waals surface area contributed by atoms with E-state index in [1.165, 1.54) is 18.3 Å². The van der Waals surface area contributed by atoms with Crippen molar-refractivity contribution in [1.29, 1.82) is 0 Å². The number of alkyl halides is 3. The molecule has 0 aliphatic carbocycles. The van der Waals surface area contributed by atoms with Crippen molar-refractivity contribution in [2.45, 2.75) is 52.4 Å². The van der Waals surface area contributed by atoms with Gasteiger partial charge in [0.25, 0.3) is 11.8 Å². The van der Waals surface area contributed by atoms with Crippen LogP contribution in [0.2, 0.25) is 0 Å². The largest absolute Gasteiger partial charge is 0.443 e. The van der Waals surface area contributed by atoms with E-state index in [1.54, 1.807) is 46.0 Å². The summed E-state index contributed by atoms with van der Waals surface area (Å²) in [6.45, 7) is 11.5. The molecule has 1 aromatic carbocycles. The van der Waals surface area contributed by atoms with Gasteiger partial charge >= 0.3 is 12.3 Å². The second-order valence-electron chi connectivity index (χ2n) is 14.1. The summed E-state index contributed by atoms with van der Waals surface area (Å²) in [6, 6.07) is 8.73. The lowest BCUT2D eigenvalue weighted by atomic mass is 10.0. The summed E-state index contributed by atoms with van der Waals surface area (Å²) in [7, 11) is 1.78. The molecule has 1 fully saturated rings. The van der Waals surface area contributed by atoms with Crippen LogP contribution in [0.1, 0.15) is 75.0 Å². The maximum Gasteiger partial charge on any atom is 0.417 e. The topological polar surface area (TPSA) is 139 Å². The molecule has 5 heterocycles. The Hall–Kier alpha value is -5.24. The lowest BCUT2D eigenvalue weighted by Crippen LogP contribution is -2.45. The second kappa shape index (κ2) is 15.2. The summed E-state index contributed by atoms with van der Waals surface area (Å²) < 4.78 is 49.6. The van der Waals surface area contributed by atoms with E-state index in [0.717, 1.165) is 41.9 Å². The predicted octanol–water partition coefficient (Wildman–Crippen LogP) is 5.87. The lowest BCUT2D eigenvalue weighted by Gasteiger charge is -2.34. The smallest absolute Gasteiger partial charge is 0.417 e. The minimum Gasteiger partial charge on any atom is -0.443 e. The predicted molar refractivity (Wildman–Crippen MR) is 199 cm³/mol. The normalized spacial score (nSPS) is 15.4. The van der Waals surface area contributed by atoms with Gasteiger partial charge in [0.2, 0.25) is 5.95 Å². The summed E-state index contributed by atoms with van der Waals surface area (Å²) in [4.78, 5) is 53.9. The number of hydrogen-bond donors (Lipinski definition) is 2. The first-order valence-electron chi connectivity index (χ1n) is 17.4. The zero-order chi connectivity index (χ0) is 38.9. The third-order valence-corrected chi connectivity index (χ3v) is 10.2. The number of aromatic nitrogens is 3. The molecule has 0 radical (unpaired) electrons. The minimum atomic E-state index is -4.59. The fraction of sp³-hybridized carbons (Fsp3) is 0.395. The number of thiophene rings is 1. The molecule has 0 unspecified atom stereocenters. The number of nitrogens with zero attached hydrogens (tertiary/aromatic N) is 6. The molecule has 0 atom stereocenters. The zero-order valence-corrected chi connectivity index (χ0v) is 31.5. The van der Waals surface area contributed by atoms with Crippen molar-refractivity contribution >= 4 is 40.9 Å². The van der Waals surface area contributed by atoms with Gasteiger partial charge in [0.15, 0.2) is 0 Å². The third-order valence-electron chi connectivity index (χ3n) is 9.20. The fourth-order valence-electron chi connectivity index (χ4n) is 6.40. The highest BCUT2D eigenvalue weighted by Gasteiger charge is 2.36. The molecule has 284 valence electrons. The molecular weight excluding hydrogens is 722 g/mol. The maximum atomic E-state index is 14.1. The number of hydrogen-bond acceptors (Lipinski definition) is 10. The fourth-order valence-corrected chi connectivity index (χ4v) is 7.16. The van der Waals surface area contributed by atoms with Crippen LogP contribution >= 0.6 is 11.3 Å². The van der Waals surface area contributed by atoms with Crippen molar-refractivity contribution in [1.82, 2.24) is 29.2 Å². The zero-order valence-electron chi connectivity index (χ0n) is 30.6. The standard InChI is InChI=1S/C38H41F3N8O4S/c1-6-47-15-17-48(18-16-47)22-24-7-9-25(19-28(24)38(39,40)41)44-33(50)31-12-11-26(54-31)10-8-23-21-43-35(42)45-32(23)30-20-27-29(46(30)5)13-14-49(34(27)51)36(52)53-37(2,3)4/h7,9,11-12,19-21H,6,13-18,22H2,1-5H3,(H,44,50)(H2,42,43,45). The van der Waals surface area contributed by atoms with Crippen molar-refractivity contribution in [3.8, 4) is 23.2 Å². The van der Waals surface area contributed by atoms with Crippen molar-refractivity contribution < 1.29 is 32.3 Å². The number of ether oxygens (including phenoxy) is 1. The molecule has 2 aliphatic heterocycles. The van der Waals surface area contributed by atoms with E-state index in [0.29, 0.717) is 52.6 Å². The summed E-state index contributed by atoms with van der Waals surface area (Å²) in [5.74, 6) is 4.97. The van der Waals surface area contributed by atoms with Crippen molar-refractivity contribution in [3.05, 3.63) is 80.3 Å². The number of carbonyl (C=O) groups excluding carboxylic acids is 3. The van der Waals surface area contributed by atoms with Crippen molar-refractivity contribution in [3.63, 3.8) is 0 Å². The van der Waals surface area contributed by atoms with Crippen LogP contribution in [0.3, 0.4) is 0 Å². The molecule has 4 aromatic rings. The highest BCUT2D eigenvalue weighted by molar-refractivity contribution is 7.14. The molecule has 3 aromatic heterocycles. The van der Waals surface area contributed by atoms with Gasteiger partial charge in [-0.1, -0.05) is 24.8 Å². The molecule has 1 saturated heterocycles. The van der Waals surface area contributed by atoms with Crippen molar-refractivity contribution in [2.24, 2.45) is 7.05 Å². The van der Waals surface area contributed by atoms with E-state index in [-0.39, 0.29) is 35.2 Å². The van der Waals surface area contributed by atoms with Gasteiger partial charge in [-0.05, 0) is 63.2 Å². The monoisotopic (exact) mass is 762 g/mol. The van der Waals surface area contributed by atoms with Gasteiger partial charge in [-0.3, -0.25) is 14.5 Å². The van der Waals surface area contributed by atoms with E-state index >= 15 is 0 Å². The van der Waals surface area contributed by atoms with Crippen LogP contribution in [0, 0.1) is 11.8 Å². The van der Waals surface area contributed by atoms with E-state index in [4.69, 9.17) is 10.5 Å². The SMILES string of the molecule is CCN1CCN(Cc2ccc(NC(=O)c3ccc(C#Cc4cnc(N)nc4-c4cc5c(n4C)CCN(C(=O)OC(C)(C)C)C5=O)s3)cc2C(F)(F)F)CC1. The summed E-state index contributed by atoms with van der Waals surface area (Å²) in [6.07, 6.45) is -3.45. The molecule has 0 bridgehead atoms. The number of nitrogen functional groups attached to an aromatic ring is 1. The van der Waals surface area contributed by atoms with Crippen LogP contribution in [0.5, 0.6) is 0 Å². The van der Waals surface area contributed by atoms with Gasteiger partial charge < -0.3 is 25.3 Å². The van der Waals surface area contributed by atoms with Gasteiger partial charge in [0.05, 0.1) is 32.1 Å². The molecule has 12 nitrogen and oxygen atoms in total. The molecule has 0 spiro atoms. The Morgan fingerprint density at radius 3 is 2.43 bits per heavy atom. The van der Waals surface area contributed by atoms with Crippen molar-refractivity contribution in [2.75, 3.05) is 50.3 Å². The Morgan fingerprint density at radius 1 is 1.02 bits per heavy atom. The maximum absolute atomic E-state index is 14.1. The van der Waals surface area contributed by atoms with E-state index in [9.17, 15) is 27.6 Å². The van der Waals surface area contributed by atoms with E-state index in [2.05, 4.69) is 38.9 Å². The van der Waals surface area contributed by atoms with Crippen LogP contribution in [0.4, 0.5) is 29.6 Å². The number of nitrogens with one attached hydrogen (secondary N) is 1. The molecule has 6 rings (SSSR count). The first-order chi connectivity index (χ1) is 25.5. The van der Waals surface area contributed by atoms with Gasteiger partial charge in [-0.15, -0.1) is 11.3 Å². The first kappa shape index (κ1) is 38.5. The Bertz CT molecular complexity index is 2150. The number of carbonyl (C=O) groups is 3. The van der Waals surface area contributed by atoms with Crippen LogP contribution in [-0.2, 0) is 30.9 Å². The van der Waals surface area contributed by atoms with Crippen LogP contribution in [0.25, 0.3) is 11.4 Å². The minimum absolute atomic E-state index is 0.0111. The molecule has 3 amide bonds. The van der Waals surface area contributed by atoms with Crippen LogP contribution in [-0.4, -0.2) is 92.0 Å². The number of halogens is 3. The summed E-state index contributed by atoms with van der Waals surface area (Å²) in [5, 5.41) is 2.60. The number of likely N-dealkylation sites (N-methyl/N-ethyl adjacent to an activating group) is 1. The number of rotatable bonds is 6. The number of piperazine rings is 1. The van der Waals surface area contributed by atoms with Gasteiger partial charge in [-0.25, -0.2) is 19.7 Å². The number of anilines is 2. The average molecular weight is 763 g/mol. The Labute approximate surface area is 315 Å². The molecule has 54 heavy (non-hydrogen) atoms. The second-order valence-corrected chi connectivity index (χ2v) is 15.2. The van der Waals surface area contributed by atoms with Crippen LogP contribution in [0.15, 0.2) is 42.6 Å². The highest BCUT2D eigenvalue weighted by atomic mass is 32.1. The Kier molecular flexibility index (Phi) is 10.9. The molecule has 2 aliphatic rings. The molecular formula is C38H41F3N8O4S. The number of fused-ring (bicyclic) bond motifs is 1. The quantitative estimate of drug-likeness (QED) is 0.231. The number of nitrogens with two attached hydrogens (primary N) is 1. The first-order valence-corrected chi connectivity index (χ1v) is 18.3. The van der Waals surface area contributed by atoms with E-state index in [1.807, 2.05) is 9.47 Å². The number of amides is 3. The Balaban J connectivity index is 1.18. The molecule has 0 saturated carbocycles. The summed E-state index contributed by atoms with van der Waals surface area (Å²) >= 11 is 1.07. The van der Waals surface area contributed by atoms with Gasteiger partial charge in [0.1, 0.15) is 11.3 Å². The molecule has 16 heteroatoms. The van der Waals surface area contributed by atoms with Crippen LogP contribution < -0.4 is 11.1 Å². The number of benzene rings is 1. The third kappa shape index (κ3) is 8.59. The number of imide groups is 1. The lowest BCUT2D eigenvalue weighted by molar-refractivity contribution is -0.138. The highest BCUT2D eigenvalue weighted by Crippen LogP contribution is 2.35.